The molecule has 1 aromatic carbocycles. The highest BCUT2D eigenvalue weighted by atomic mass is 35.5. The van der Waals surface area contributed by atoms with Crippen molar-refractivity contribution in [1.82, 2.24) is 10.4 Å². The van der Waals surface area contributed by atoms with Gasteiger partial charge in [0.1, 0.15) is 23.4 Å². The number of hydrogen-bond acceptors (Lipinski definition) is 6. The van der Waals surface area contributed by atoms with Gasteiger partial charge in [0.2, 0.25) is 5.96 Å². The standard InChI is InChI=1S/C11H11ClFN5O/c1-19-7-3-5(13)2-6-9(7)16-11(14)18-10(6)15-8(4-12)17-18/h2-3,8,17H,4H2,1H3,(H2,14,16). The first-order valence-electron chi connectivity index (χ1n) is 5.56. The van der Waals surface area contributed by atoms with Gasteiger partial charge in [-0.3, -0.25) is 0 Å². The molecule has 0 aromatic heterocycles. The molecule has 0 spiro atoms. The van der Waals surface area contributed by atoms with Gasteiger partial charge in [0, 0.05) is 6.07 Å². The molecule has 2 heterocycles. The number of ether oxygens (including phenoxy) is 1. The van der Waals surface area contributed by atoms with Crippen molar-refractivity contribution in [2.24, 2.45) is 15.7 Å². The minimum Gasteiger partial charge on any atom is -0.494 e. The lowest BCUT2D eigenvalue weighted by atomic mass is 10.1. The molecule has 2 aliphatic heterocycles. The number of guanidine groups is 1. The Morgan fingerprint density at radius 2 is 2.37 bits per heavy atom. The molecule has 1 aromatic rings. The molecule has 1 unspecified atom stereocenters. The van der Waals surface area contributed by atoms with E-state index < -0.39 is 5.82 Å². The fraction of sp³-hybridized carbons (Fsp3) is 0.273. The lowest BCUT2D eigenvalue weighted by Crippen LogP contribution is -2.50. The van der Waals surface area contributed by atoms with Crippen LogP contribution in [0.5, 0.6) is 5.75 Å². The summed E-state index contributed by atoms with van der Waals surface area (Å²) in [6, 6.07) is 2.60. The number of fused-ring (bicyclic) bond motifs is 3. The van der Waals surface area contributed by atoms with Gasteiger partial charge in [-0.1, -0.05) is 0 Å². The van der Waals surface area contributed by atoms with Crippen LogP contribution in [0, 0.1) is 5.82 Å². The number of methoxy groups -OCH3 is 1. The number of amidine groups is 1. The molecule has 19 heavy (non-hydrogen) atoms. The Hall–Kier alpha value is -1.86. The number of alkyl halides is 1. The maximum atomic E-state index is 13.6. The van der Waals surface area contributed by atoms with Crippen LogP contribution in [-0.2, 0) is 0 Å². The lowest BCUT2D eigenvalue weighted by Gasteiger charge is -2.25. The fourth-order valence-corrected chi connectivity index (χ4v) is 2.20. The van der Waals surface area contributed by atoms with Gasteiger partial charge in [-0.2, -0.15) is 5.43 Å². The molecule has 0 aliphatic carbocycles. The molecule has 2 aliphatic rings. The lowest BCUT2D eigenvalue weighted by molar-refractivity contribution is 0.408. The highest BCUT2D eigenvalue weighted by Crippen LogP contribution is 2.37. The minimum absolute atomic E-state index is 0.212. The molecule has 1 atom stereocenters. The van der Waals surface area contributed by atoms with Crippen molar-refractivity contribution < 1.29 is 9.13 Å². The van der Waals surface area contributed by atoms with Crippen LogP contribution in [0.4, 0.5) is 10.1 Å². The van der Waals surface area contributed by atoms with E-state index in [0.717, 1.165) is 0 Å². The molecule has 0 saturated carbocycles. The Bertz CT molecular complexity index is 603. The maximum Gasteiger partial charge on any atom is 0.217 e. The van der Waals surface area contributed by atoms with E-state index in [4.69, 9.17) is 22.1 Å². The topological polar surface area (TPSA) is 75.2 Å². The summed E-state index contributed by atoms with van der Waals surface area (Å²) in [4.78, 5) is 8.56. The highest BCUT2D eigenvalue weighted by Gasteiger charge is 2.34. The number of aliphatic imine (C=N–C) groups is 2. The van der Waals surface area contributed by atoms with Crippen LogP contribution in [0.1, 0.15) is 5.56 Å². The van der Waals surface area contributed by atoms with E-state index in [2.05, 4.69) is 15.4 Å². The largest absolute Gasteiger partial charge is 0.494 e. The zero-order valence-corrected chi connectivity index (χ0v) is 10.8. The summed E-state index contributed by atoms with van der Waals surface area (Å²) >= 11 is 5.76. The Kier molecular flexibility index (Phi) is 2.79. The number of hydrazine groups is 1. The predicted molar refractivity (Wildman–Crippen MR) is 70.3 cm³/mol. The zero-order chi connectivity index (χ0) is 13.6. The van der Waals surface area contributed by atoms with Crippen molar-refractivity contribution in [3.63, 3.8) is 0 Å². The van der Waals surface area contributed by atoms with Gasteiger partial charge < -0.3 is 10.5 Å². The van der Waals surface area contributed by atoms with Crippen molar-refractivity contribution >= 4 is 29.1 Å². The molecule has 6 nitrogen and oxygen atoms in total. The Morgan fingerprint density at radius 1 is 1.58 bits per heavy atom. The summed E-state index contributed by atoms with van der Waals surface area (Å²) in [7, 11) is 1.45. The molecule has 8 heteroatoms. The number of hydrogen-bond donors (Lipinski definition) is 2. The number of nitrogens with one attached hydrogen (secondary N) is 1. The Balaban J connectivity index is 2.21. The second-order valence-corrected chi connectivity index (χ2v) is 4.37. The number of benzene rings is 1. The van der Waals surface area contributed by atoms with Crippen LogP contribution >= 0.6 is 11.6 Å². The molecule has 3 N–H and O–H groups in total. The van der Waals surface area contributed by atoms with Gasteiger partial charge in [-0.15, -0.1) is 11.6 Å². The van der Waals surface area contributed by atoms with Gasteiger partial charge in [-0.05, 0) is 6.07 Å². The smallest absolute Gasteiger partial charge is 0.217 e. The van der Waals surface area contributed by atoms with Crippen molar-refractivity contribution in [2.75, 3.05) is 13.0 Å². The number of nitrogens with zero attached hydrogens (tertiary/aromatic N) is 3. The molecule has 0 radical (unpaired) electrons. The van der Waals surface area contributed by atoms with Crippen molar-refractivity contribution in [1.29, 1.82) is 0 Å². The zero-order valence-electron chi connectivity index (χ0n) is 10.0. The monoisotopic (exact) mass is 283 g/mol. The average Bonchev–Trinajstić information content (AvgIpc) is 2.84. The summed E-state index contributed by atoms with van der Waals surface area (Å²) in [6.07, 6.45) is -0.314. The average molecular weight is 284 g/mol. The molecule has 100 valence electrons. The van der Waals surface area contributed by atoms with Crippen LogP contribution in [0.25, 0.3) is 0 Å². The first-order chi connectivity index (χ1) is 9.13. The summed E-state index contributed by atoms with van der Waals surface area (Å²) in [5.41, 5.74) is 9.81. The second kappa shape index (κ2) is 4.36. The van der Waals surface area contributed by atoms with Gasteiger partial charge in [0.15, 0.2) is 5.84 Å². The van der Waals surface area contributed by atoms with E-state index >= 15 is 0 Å². The Morgan fingerprint density at radius 3 is 3.05 bits per heavy atom. The number of nitrogens with two attached hydrogens (primary N) is 1. The molecule has 0 fully saturated rings. The molecule has 0 saturated heterocycles. The van der Waals surface area contributed by atoms with E-state index in [1.54, 1.807) is 0 Å². The predicted octanol–water partition coefficient (Wildman–Crippen LogP) is 0.926. The first kappa shape index (κ1) is 12.2. The molecule has 3 rings (SSSR count). The quantitative estimate of drug-likeness (QED) is 0.792. The number of halogens is 2. The summed E-state index contributed by atoms with van der Waals surface area (Å²) < 4.78 is 18.7. The van der Waals surface area contributed by atoms with Crippen molar-refractivity contribution in [3.8, 4) is 5.75 Å². The van der Waals surface area contributed by atoms with E-state index in [1.165, 1.54) is 24.3 Å². The first-order valence-corrected chi connectivity index (χ1v) is 6.09. The van der Waals surface area contributed by atoms with Crippen molar-refractivity contribution in [3.05, 3.63) is 23.5 Å². The third-order valence-corrected chi connectivity index (χ3v) is 3.16. The van der Waals surface area contributed by atoms with E-state index in [9.17, 15) is 4.39 Å². The molecule has 0 amide bonds. The van der Waals surface area contributed by atoms with Crippen LogP contribution in [0.3, 0.4) is 0 Å². The fourth-order valence-electron chi connectivity index (χ4n) is 2.06. The van der Waals surface area contributed by atoms with Crippen LogP contribution in [-0.4, -0.2) is 36.0 Å². The van der Waals surface area contributed by atoms with Crippen LogP contribution in [0.2, 0.25) is 0 Å². The van der Waals surface area contributed by atoms with Gasteiger partial charge in [-0.25, -0.2) is 19.4 Å². The van der Waals surface area contributed by atoms with Gasteiger partial charge in [0.25, 0.3) is 0 Å². The molecular formula is C11H11ClFN5O. The van der Waals surface area contributed by atoms with Crippen LogP contribution in [0.15, 0.2) is 22.1 Å². The minimum atomic E-state index is -0.428. The maximum absolute atomic E-state index is 13.6. The molecular weight excluding hydrogens is 273 g/mol. The third-order valence-electron chi connectivity index (χ3n) is 2.87. The molecule has 0 bridgehead atoms. The Labute approximate surface area is 113 Å². The van der Waals surface area contributed by atoms with E-state index in [0.29, 0.717) is 22.8 Å². The van der Waals surface area contributed by atoms with Gasteiger partial charge >= 0.3 is 0 Å². The van der Waals surface area contributed by atoms with E-state index in [1.807, 2.05) is 0 Å². The van der Waals surface area contributed by atoms with Crippen LogP contribution < -0.4 is 15.9 Å². The second-order valence-electron chi connectivity index (χ2n) is 4.06. The summed E-state index contributed by atoms with van der Waals surface area (Å²) in [5.74, 6) is 0.863. The van der Waals surface area contributed by atoms with E-state index in [-0.39, 0.29) is 18.0 Å². The van der Waals surface area contributed by atoms with Crippen molar-refractivity contribution in [2.45, 2.75) is 6.17 Å². The summed E-state index contributed by atoms with van der Waals surface area (Å²) in [6.45, 7) is 0. The van der Waals surface area contributed by atoms with Gasteiger partial charge in [0.05, 0.1) is 18.6 Å². The normalized spacial score (nSPS) is 20.6. The third kappa shape index (κ3) is 1.82. The summed E-state index contributed by atoms with van der Waals surface area (Å²) in [5, 5.41) is 1.49. The SMILES string of the molecule is COc1cc(F)cc2c1N=C(N)N1NC(CCl)N=C21. The highest BCUT2D eigenvalue weighted by molar-refractivity contribution is 6.19. The number of rotatable bonds is 2.